The lowest BCUT2D eigenvalue weighted by Gasteiger charge is -2.28. The molecule has 3 rings (SSSR count). The fourth-order valence-electron chi connectivity index (χ4n) is 3.40. The third-order valence-corrected chi connectivity index (χ3v) is 4.39. The molecule has 0 radical (unpaired) electrons. The fraction of sp³-hybridized carbons (Fsp3) is 0.688. The van der Waals surface area contributed by atoms with Crippen LogP contribution >= 0.6 is 0 Å². The Labute approximate surface area is 116 Å². The van der Waals surface area contributed by atoms with E-state index in [1.807, 2.05) is 6.20 Å². The minimum absolute atomic E-state index is 0.701. The van der Waals surface area contributed by atoms with Gasteiger partial charge in [-0.05, 0) is 49.3 Å². The summed E-state index contributed by atoms with van der Waals surface area (Å²) >= 11 is 0. The average molecular weight is 259 g/mol. The zero-order valence-electron chi connectivity index (χ0n) is 12.1. The Bertz CT molecular complexity index is 413. The van der Waals surface area contributed by atoms with Crippen LogP contribution in [0.5, 0.6) is 0 Å². The molecule has 0 amide bonds. The molecule has 2 fully saturated rings. The first-order valence-electron chi connectivity index (χ1n) is 7.64. The van der Waals surface area contributed by atoms with E-state index in [0.717, 1.165) is 25.0 Å². The standard InChI is InChI=1S/C16H25N3/c1-12(2)8-17-9-14-4-6-16(18-10-14)19-11-13-3-5-15(19)7-13/h4,6,10,12-13,15,17H,3,5,7-9,11H2,1-2H3. The van der Waals surface area contributed by atoms with Crippen LogP contribution in [0.2, 0.25) is 0 Å². The number of nitrogens with zero attached hydrogens (tertiary/aromatic N) is 2. The summed E-state index contributed by atoms with van der Waals surface area (Å²) in [5, 5.41) is 3.46. The van der Waals surface area contributed by atoms with Crippen LogP contribution in [0.1, 0.15) is 38.7 Å². The number of anilines is 1. The topological polar surface area (TPSA) is 28.2 Å². The maximum atomic E-state index is 4.66. The van der Waals surface area contributed by atoms with Crippen molar-refractivity contribution in [2.45, 2.75) is 45.7 Å². The number of pyridine rings is 1. The molecule has 1 aliphatic carbocycles. The number of hydrogen-bond acceptors (Lipinski definition) is 3. The van der Waals surface area contributed by atoms with Crippen LogP contribution in [0, 0.1) is 11.8 Å². The first kappa shape index (κ1) is 12.9. The van der Waals surface area contributed by atoms with E-state index in [2.05, 4.69) is 41.2 Å². The van der Waals surface area contributed by atoms with E-state index in [4.69, 9.17) is 0 Å². The molecule has 2 unspecified atom stereocenters. The van der Waals surface area contributed by atoms with Gasteiger partial charge in [-0.2, -0.15) is 0 Å². The molecular weight excluding hydrogens is 234 g/mol. The monoisotopic (exact) mass is 259 g/mol. The molecule has 1 aromatic rings. The highest BCUT2D eigenvalue weighted by atomic mass is 15.2. The number of rotatable bonds is 5. The van der Waals surface area contributed by atoms with Crippen LogP contribution in [0.15, 0.2) is 18.3 Å². The van der Waals surface area contributed by atoms with Gasteiger partial charge in [0, 0.05) is 25.3 Å². The second-order valence-electron chi connectivity index (χ2n) is 6.53. The molecule has 2 atom stereocenters. The van der Waals surface area contributed by atoms with Crippen molar-refractivity contribution >= 4 is 5.82 Å². The van der Waals surface area contributed by atoms with Gasteiger partial charge in [-0.3, -0.25) is 0 Å². The van der Waals surface area contributed by atoms with Gasteiger partial charge in [-0.25, -0.2) is 4.98 Å². The van der Waals surface area contributed by atoms with Gasteiger partial charge in [0.05, 0.1) is 0 Å². The van der Waals surface area contributed by atoms with Gasteiger partial charge in [0.25, 0.3) is 0 Å². The summed E-state index contributed by atoms with van der Waals surface area (Å²) in [6, 6.07) is 5.19. The number of nitrogens with one attached hydrogen (secondary N) is 1. The van der Waals surface area contributed by atoms with E-state index in [1.165, 1.54) is 37.2 Å². The maximum Gasteiger partial charge on any atom is 0.128 e. The quantitative estimate of drug-likeness (QED) is 0.881. The molecule has 2 heterocycles. The lowest BCUT2D eigenvalue weighted by atomic mass is 10.1. The van der Waals surface area contributed by atoms with Gasteiger partial charge in [0.15, 0.2) is 0 Å². The summed E-state index contributed by atoms with van der Waals surface area (Å²) in [6.45, 7) is 7.69. The Morgan fingerprint density at radius 2 is 2.26 bits per heavy atom. The molecule has 1 saturated carbocycles. The molecule has 1 aliphatic heterocycles. The van der Waals surface area contributed by atoms with E-state index in [1.54, 1.807) is 0 Å². The minimum atomic E-state index is 0.701. The summed E-state index contributed by atoms with van der Waals surface area (Å²) in [4.78, 5) is 7.18. The lowest BCUT2D eigenvalue weighted by Crippen LogP contribution is -2.32. The highest BCUT2D eigenvalue weighted by molar-refractivity contribution is 5.43. The molecule has 19 heavy (non-hydrogen) atoms. The maximum absolute atomic E-state index is 4.66. The van der Waals surface area contributed by atoms with E-state index in [0.29, 0.717) is 5.92 Å². The highest BCUT2D eigenvalue weighted by Crippen LogP contribution is 2.39. The van der Waals surface area contributed by atoms with Crippen LogP contribution in [0.4, 0.5) is 5.82 Å². The Morgan fingerprint density at radius 1 is 1.37 bits per heavy atom. The summed E-state index contributed by atoms with van der Waals surface area (Å²) in [6.07, 6.45) is 6.22. The van der Waals surface area contributed by atoms with Gasteiger partial charge >= 0.3 is 0 Å². The van der Waals surface area contributed by atoms with Crippen molar-refractivity contribution in [1.29, 1.82) is 0 Å². The molecule has 0 aromatic carbocycles. The third kappa shape index (κ3) is 2.92. The van der Waals surface area contributed by atoms with Crippen LogP contribution in [-0.4, -0.2) is 24.1 Å². The van der Waals surface area contributed by atoms with Crippen molar-refractivity contribution in [3.63, 3.8) is 0 Å². The van der Waals surface area contributed by atoms with E-state index >= 15 is 0 Å². The van der Waals surface area contributed by atoms with Crippen LogP contribution in [0.3, 0.4) is 0 Å². The fourth-order valence-corrected chi connectivity index (χ4v) is 3.40. The molecule has 104 valence electrons. The van der Waals surface area contributed by atoms with Crippen molar-refractivity contribution in [3.8, 4) is 0 Å². The van der Waals surface area contributed by atoms with Gasteiger partial charge in [-0.15, -0.1) is 0 Å². The predicted molar refractivity (Wildman–Crippen MR) is 79.3 cm³/mol. The number of fused-ring (bicyclic) bond motifs is 2. The van der Waals surface area contributed by atoms with E-state index in [-0.39, 0.29) is 0 Å². The minimum Gasteiger partial charge on any atom is -0.353 e. The number of aromatic nitrogens is 1. The van der Waals surface area contributed by atoms with Crippen molar-refractivity contribution in [3.05, 3.63) is 23.9 Å². The van der Waals surface area contributed by atoms with Crippen LogP contribution in [-0.2, 0) is 6.54 Å². The van der Waals surface area contributed by atoms with Gasteiger partial charge in [0.1, 0.15) is 5.82 Å². The van der Waals surface area contributed by atoms with Crippen molar-refractivity contribution in [1.82, 2.24) is 10.3 Å². The molecule has 2 aliphatic rings. The summed E-state index contributed by atoms with van der Waals surface area (Å²) in [7, 11) is 0. The molecule has 3 heteroatoms. The lowest BCUT2D eigenvalue weighted by molar-refractivity contribution is 0.547. The van der Waals surface area contributed by atoms with Crippen molar-refractivity contribution in [2.24, 2.45) is 11.8 Å². The molecule has 2 bridgehead atoms. The van der Waals surface area contributed by atoms with Crippen LogP contribution in [0.25, 0.3) is 0 Å². The predicted octanol–water partition coefficient (Wildman–Crippen LogP) is 2.82. The largest absolute Gasteiger partial charge is 0.353 e. The second kappa shape index (κ2) is 5.49. The van der Waals surface area contributed by atoms with Gasteiger partial charge < -0.3 is 10.2 Å². The smallest absolute Gasteiger partial charge is 0.128 e. The second-order valence-corrected chi connectivity index (χ2v) is 6.53. The van der Waals surface area contributed by atoms with E-state index < -0.39 is 0 Å². The molecule has 3 nitrogen and oxygen atoms in total. The third-order valence-electron chi connectivity index (χ3n) is 4.39. The number of hydrogen-bond donors (Lipinski definition) is 1. The summed E-state index contributed by atoms with van der Waals surface area (Å²) in [5.74, 6) is 2.81. The SMILES string of the molecule is CC(C)CNCc1ccc(N2CC3CCC2C3)nc1. The van der Waals surface area contributed by atoms with Crippen molar-refractivity contribution in [2.75, 3.05) is 18.0 Å². The first-order valence-corrected chi connectivity index (χ1v) is 7.64. The Morgan fingerprint density at radius 3 is 2.84 bits per heavy atom. The molecule has 1 aromatic heterocycles. The summed E-state index contributed by atoms with van der Waals surface area (Å²) < 4.78 is 0. The van der Waals surface area contributed by atoms with Crippen LogP contribution < -0.4 is 10.2 Å². The molecular formula is C16H25N3. The highest BCUT2D eigenvalue weighted by Gasteiger charge is 2.38. The van der Waals surface area contributed by atoms with Crippen molar-refractivity contribution < 1.29 is 0 Å². The zero-order chi connectivity index (χ0) is 13.2. The van der Waals surface area contributed by atoms with Gasteiger partial charge in [0.2, 0.25) is 0 Å². The Balaban J connectivity index is 1.57. The average Bonchev–Trinajstić information content (AvgIpc) is 3.01. The summed E-state index contributed by atoms with van der Waals surface area (Å²) in [5.41, 5.74) is 1.29. The van der Waals surface area contributed by atoms with Gasteiger partial charge in [-0.1, -0.05) is 19.9 Å². The zero-order valence-corrected chi connectivity index (χ0v) is 12.1. The molecule has 1 saturated heterocycles. The first-order chi connectivity index (χ1) is 9.22. The number of piperidine rings is 1. The van der Waals surface area contributed by atoms with E-state index in [9.17, 15) is 0 Å². The normalized spacial score (nSPS) is 25.5. The molecule has 1 N–H and O–H groups in total. The molecule has 0 spiro atoms. The Hall–Kier alpha value is -1.09. The Kier molecular flexibility index (Phi) is 3.74.